The Labute approximate surface area is 152 Å². The summed E-state index contributed by atoms with van der Waals surface area (Å²) in [5.41, 5.74) is -0.255. The van der Waals surface area contributed by atoms with Crippen molar-refractivity contribution in [1.82, 2.24) is 9.88 Å². The summed E-state index contributed by atoms with van der Waals surface area (Å²) in [6.45, 7) is 2.55. The van der Waals surface area contributed by atoms with E-state index in [1.54, 1.807) is 6.20 Å². The number of nitrogens with zero attached hydrogens (tertiary/aromatic N) is 2. The zero-order chi connectivity index (χ0) is 17.7. The highest BCUT2D eigenvalue weighted by atomic mass is 32.2. The molecule has 0 amide bonds. The van der Waals surface area contributed by atoms with E-state index in [2.05, 4.69) is 16.1 Å². The molecular formula is C19H24N2O3S. The maximum Gasteiger partial charge on any atom is 0.348 e. The molecule has 1 aliphatic rings. The van der Waals surface area contributed by atoms with Crippen molar-refractivity contribution in [2.45, 2.75) is 24.9 Å². The lowest BCUT2D eigenvalue weighted by molar-refractivity contribution is -0.159. The van der Waals surface area contributed by atoms with Crippen LogP contribution in [0.1, 0.15) is 19.3 Å². The summed E-state index contributed by atoms with van der Waals surface area (Å²) in [6.07, 6.45) is 6.01. The van der Waals surface area contributed by atoms with Crippen LogP contribution in [0.3, 0.4) is 0 Å². The number of benzene rings is 1. The molecule has 0 bridgehead atoms. The van der Waals surface area contributed by atoms with Gasteiger partial charge in [-0.2, -0.15) is 11.8 Å². The second-order valence-electron chi connectivity index (χ2n) is 6.45. The fraction of sp³-hybridized carbons (Fsp3) is 0.474. The lowest BCUT2D eigenvalue weighted by Gasteiger charge is -2.38. The molecule has 2 heterocycles. The van der Waals surface area contributed by atoms with Gasteiger partial charge in [0.2, 0.25) is 5.60 Å². The molecule has 6 heteroatoms. The van der Waals surface area contributed by atoms with Gasteiger partial charge in [-0.25, -0.2) is 4.79 Å². The summed E-state index contributed by atoms with van der Waals surface area (Å²) in [5.74, 6) is 0.864. The number of hydrogen-bond acceptors (Lipinski definition) is 5. The average molecular weight is 360 g/mol. The minimum absolute atomic E-state index is 0.507. The first-order valence-electron chi connectivity index (χ1n) is 8.61. The van der Waals surface area contributed by atoms with Crippen molar-refractivity contribution in [1.29, 1.82) is 0 Å². The average Bonchev–Trinajstić information content (AvgIpc) is 2.63. The van der Waals surface area contributed by atoms with Crippen LogP contribution in [0.15, 0.2) is 36.5 Å². The van der Waals surface area contributed by atoms with E-state index in [1.807, 2.05) is 42.1 Å². The number of aromatic nitrogens is 1. The number of ether oxygens (including phenoxy) is 1. The van der Waals surface area contributed by atoms with E-state index in [9.17, 15) is 9.90 Å². The van der Waals surface area contributed by atoms with Gasteiger partial charge in [-0.1, -0.05) is 6.07 Å². The van der Waals surface area contributed by atoms with Crippen LogP contribution >= 0.6 is 11.8 Å². The third kappa shape index (κ3) is 4.25. The van der Waals surface area contributed by atoms with Gasteiger partial charge < -0.3 is 14.7 Å². The summed E-state index contributed by atoms with van der Waals surface area (Å²) < 4.78 is 6.03. The van der Waals surface area contributed by atoms with Gasteiger partial charge >= 0.3 is 5.97 Å². The van der Waals surface area contributed by atoms with Gasteiger partial charge in [0.1, 0.15) is 5.75 Å². The predicted molar refractivity (Wildman–Crippen MR) is 101 cm³/mol. The standard InChI is InChI=1S/C19H24N2O3S/c1-25-13-3-10-21-11-7-19(8-12-21,18(22)23)24-16-5-6-17-15(14-16)4-2-9-20-17/h2,4-6,9,14H,3,7-8,10-13H2,1H3,(H,22,23). The van der Waals surface area contributed by atoms with E-state index < -0.39 is 11.6 Å². The first-order valence-corrected chi connectivity index (χ1v) is 10.0. The van der Waals surface area contributed by atoms with Crippen molar-refractivity contribution in [3.05, 3.63) is 36.5 Å². The first kappa shape index (κ1) is 18.0. The summed E-state index contributed by atoms with van der Waals surface area (Å²) in [5, 5.41) is 10.8. The van der Waals surface area contributed by atoms with Gasteiger partial charge in [-0.15, -0.1) is 0 Å². The maximum atomic E-state index is 12.0. The summed E-state index contributed by atoms with van der Waals surface area (Å²) in [6, 6.07) is 9.38. The molecule has 1 fully saturated rings. The van der Waals surface area contributed by atoms with Crippen LogP contribution in [0.2, 0.25) is 0 Å². The number of aliphatic carboxylic acids is 1. The number of rotatable bonds is 7. The van der Waals surface area contributed by atoms with Crippen LogP contribution < -0.4 is 4.74 Å². The molecule has 3 rings (SSSR count). The minimum atomic E-state index is -1.13. The molecule has 1 N–H and O–H groups in total. The van der Waals surface area contributed by atoms with Crippen LogP contribution in [0.25, 0.3) is 10.9 Å². The molecule has 25 heavy (non-hydrogen) atoms. The van der Waals surface area contributed by atoms with E-state index in [0.29, 0.717) is 18.6 Å². The van der Waals surface area contributed by atoms with E-state index in [1.165, 1.54) is 0 Å². The van der Waals surface area contributed by atoms with Gasteiger partial charge in [0.05, 0.1) is 5.52 Å². The molecule has 0 unspecified atom stereocenters. The number of hydrogen-bond donors (Lipinski definition) is 1. The fourth-order valence-electron chi connectivity index (χ4n) is 3.27. The largest absolute Gasteiger partial charge is 0.478 e. The van der Waals surface area contributed by atoms with E-state index >= 15 is 0 Å². The van der Waals surface area contributed by atoms with Crippen molar-refractivity contribution in [2.24, 2.45) is 0 Å². The molecule has 134 valence electrons. The molecule has 0 atom stereocenters. The topological polar surface area (TPSA) is 62.7 Å². The number of likely N-dealkylation sites (tertiary alicyclic amines) is 1. The Bertz CT molecular complexity index is 729. The van der Waals surface area contributed by atoms with Gasteiger partial charge in [0.25, 0.3) is 0 Å². The van der Waals surface area contributed by atoms with Gasteiger partial charge in [-0.3, -0.25) is 4.98 Å². The highest BCUT2D eigenvalue weighted by molar-refractivity contribution is 7.98. The quantitative estimate of drug-likeness (QED) is 0.765. The van der Waals surface area contributed by atoms with Gasteiger partial charge in [-0.05, 0) is 49.2 Å². The second kappa shape index (κ2) is 8.06. The molecule has 0 spiro atoms. The van der Waals surface area contributed by atoms with Crippen LogP contribution in [0, 0.1) is 0 Å². The van der Waals surface area contributed by atoms with E-state index in [0.717, 1.165) is 42.7 Å². The molecule has 1 aromatic carbocycles. The van der Waals surface area contributed by atoms with Crippen molar-refractivity contribution < 1.29 is 14.6 Å². The van der Waals surface area contributed by atoms with Gasteiger partial charge in [0.15, 0.2) is 0 Å². The summed E-state index contributed by atoms with van der Waals surface area (Å²) in [7, 11) is 0. The van der Waals surface area contributed by atoms with Crippen LogP contribution in [-0.4, -0.2) is 58.2 Å². The molecule has 0 aliphatic carbocycles. The Morgan fingerprint density at radius 1 is 1.36 bits per heavy atom. The summed E-state index contributed by atoms with van der Waals surface area (Å²) >= 11 is 1.85. The molecule has 1 saturated heterocycles. The Hall–Kier alpha value is -1.79. The number of carboxylic acid groups (broad SMARTS) is 1. The number of thioether (sulfide) groups is 1. The lowest BCUT2D eigenvalue weighted by atomic mass is 9.91. The maximum absolute atomic E-state index is 12.0. The number of piperidine rings is 1. The predicted octanol–water partition coefficient (Wildman–Crippen LogP) is 3.29. The number of carbonyl (C=O) groups is 1. The molecule has 1 aromatic heterocycles. The number of fused-ring (bicyclic) bond motifs is 1. The Kier molecular flexibility index (Phi) is 5.81. The Balaban J connectivity index is 1.70. The third-order valence-corrected chi connectivity index (χ3v) is 5.46. The Morgan fingerprint density at radius 2 is 2.16 bits per heavy atom. The van der Waals surface area contributed by atoms with Crippen LogP contribution in [-0.2, 0) is 4.79 Å². The van der Waals surface area contributed by atoms with Crippen LogP contribution in [0.4, 0.5) is 0 Å². The SMILES string of the molecule is CSCCCN1CCC(Oc2ccc3ncccc3c2)(C(=O)O)CC1. The third-order valence-electron chi connectivity index (χ3n) is 4.76. The normalized spacial score (nSPS) is 17.5. The highest BCUT2D eigenvalue weighted by Gasteiger charge is 2.44. The molecule has 2 aromatic rings. The molecular weight excluding hydrogens is 336 g/mol. The van der Waals surface area contributed by atoms with Crippen molar-refractivity contribution in [3.8, 4) is 5.75 Å². The summed E-state index contributed by atoms with van der Waals surface area (Å²) in [4.78, 5) is 18.6. The van der Waals surface area contributed by atoms with Crippen LogP contribution in [0.5, 0.6) is 5.75 Å². The smallest absolute Gasteiger partial charge is 0.348 e. The van der Waals surface area contributed by atoms with Crippen molar-refractivity contribution >= 4 is 28.6 Å². The fourth-order valence-corrected chi connectivity index (χ4v) is 3.69. The second-order valence-corrected chi connectivity index (χ2v) is 7.43. The monoisotopic (exact) mass is 360 g/mol. The molecule has 0 saturated carbocycles. The minimum Gasteiger partial charge on any atom is -0.478 e. The molecule has 0 radical (unpaired) electrons. The zero-order valence-electron chi connectivity index (χ0n) is 14.5. The van der Waals surface area contributed by atoms with E-state index in [-0.39, 0.29) is 0 Å². The molecule has 5 nitrogen and oxygen atoms in total. The van der Waals surface area contributed by atoms with Gasteiger partial charge in [0, 0.05) is 37.5 Å². The lowest BCUT2D eigenvalue weighted by Crippen LogP contribution is -2.53. The van der Waals surface area contributed by atoms with E-state index in [4.69, 9.17) is 4.74 Å². The number of pyridine rings is 1. The zero-order valence-corrected chi connectivity index (χ0v) is 15.3. The Morgan fingerprint density at radius 3 is 2.88 bits per heavy atom. The first-order chi connectivity index (χ1) is 12.1. The van der Waals surface area contributed by atoms with Crippen molar-refractivity contribution in [2.75, 3.05) is 31.6 Å². The molecule has 1 aliphatic heterocycles. The highest BCUT2D eigenvalue weighted by Crippen LogP contribution is 2.31. The number of carboxylic acids is 1. The van der Waals surface area contributed by atoms with Crippen molar-refractivity contribution in [3.63, 3.8) is 0 Å².